The smallest absolute Gasteiger partial charge is 0.412 e. The predicted octanol–water partition coefficient (Wildman–Crippen LogP) is 3.82. The number of hydrogen-bond donors (Lipinski definition) is 2. The third kappa shape index (κ3) is 6.80. The van der Waals surface area contributed by atoms with Gasteiger partial charge in [-0.1, -0.05) is 12.1 Å². The van der Waals surface area contributed by atoms with Crippen LogP contribution in [0.5, 0.6) is 0 Å². The standard InChI is InChI=1S/C17H23N3O2S/c1-17(2,3)22-16(21)20-14-6-4-13(5-7-14)8-9-18-10-15-11-23-12-19-15/h4-7,11-12,18H,8-10H2,1-3H3,(H,20,21). The molecular weight excluding hydrogens is 310 g/mol. The molecule has 0 saturated carbocycles. The molecule has 23 heavy (non-hydrogen) atoms. The third-order valence-electron chi connectivity index (χ3n) is 2.98. The van der Waals surface area contributed by atoms with Crippen molar-refractivity contribution in [3.05, 3.63) is 46.4 Å². The lowest BCUT2D eigenvalue weighted by Gasteiger charge is -2.19. The summed E-state index contributed by atoms with van der Waals surface area (Å²) in [6.07, 6.45) is 0.492. The topological polar surface area (TPSA) is 63.2 Å². The van der Waals surface area contributed by atoms with Crippen molar-refractivity contribution in [1.82, 2.24) is 10.3 Å². The second kappa shape index (κ2) is 8.08. The SMILES string of the molecule is CC(C)(C)OC(=O)Nc1ccc(CCNCc2cscn2)cc1. The molecule has 0 spiro atoms. The Bertz CT molecular complexity index is 604. The van der Waals surface area contributed by atoms with Crippen molar-refractivity contribution in [3.63, 3.8) is 0 Å². The molecule has 0 atom stereocenters. The Balaban J connectivity index is 1.72. The first kappa shape index (κ1) is 17.4. The van der Waals surface area contributed by atoms with Gasteiger partial charge < -0.3 is 10.1 Å². The van der Waals surface area contributed by atoms with E-state index in [1.54, 1.807) is 11.3 Å². The van der Waals surface area contributed by atoms with Gasteiger partial charge in [0.1, 0.15) is 5.60 Å². The number of carbonyl (C=O) groups excluding carboxylic acids is 1. The minimum atomic E-state index is -0.493. The van der Waals surface area contributed by atoms with Crippen molar-refractivity contribution in [2.45, 2.75) is 39.3 Å². The number of nitrogens with zero attached hydrogens (tertiary/aromatic N) is 1. The number of amides is 1. The van der Waals surface area contributed by atoms with Gasteiger partial charge in [-0.2, -0.15) is 0 Å². The van der Waals surface area contributed by atoms with Crippen LogP contribution < -0.4 is 10.6 Å². The van der Waals surface area contributed by atoms with Crippen molar-refractivity contribution in [2.75, 3.05) is 11.9 Å². The van der Waals surface area contributed by atoms with Crippen molar-refractivity contribution >= 4 is 23.1 Å². The molecule has 2 aromatic rings. The molecule has 1 aromatic carbocycles. The van der Waals surface area contributed by atoms with E-state index in [2.05, 4.69) is 15.6 Å². The van der Waals surface area contributed by atoms with Crippen LogP contribution in [0.3, 0.4) is 0 Å². The van der Waals surface area contributed by atoms with Crippen LogP contribution in [0, 0.1) is 0 Å². The fourth-order valence-electron chi connectivity index (χ4n) is 1.95. The van der Waals surface area contributed by atoms with Crippen LogP contribution in [0.15, 0.2) is 35.2 Å². The molecule has 0 fully saturated rings. The highest BCUT2D eigenvalue weighted by Gasteiger charge is 2.15. The molecule has 2 rings (SSSR count). The Morgan fingerprint density at radius 3 is 2.61 bits per heavy atom. The summed E-state index contributed by atoms with van der Waals surface area (Å²) in [7, 11) is 0. The Hall–Kier alpha value is -1.92. The third-order valence-corrected chi connectivity index (χ3v) is 3.61. The highest BCUT2D eigenvalue weighted by molar-refractivity contribution is 7.07. The fourth-order valence-corrected chi connectivity index (χ4v) is 2.51. The van der Waals surface area contributed by atoms with Gasteiger partial charge in [-0.05, 0) is 51.4 Å². The first-order valence-electron chi connectivity index (χ1n) is 7.59. The summed E-state index contributed by atoms with van der Waals surface area (Å²) in [5.74, 6) is 0. The second-order valence-electron chi connectivity index (χ2n) is 6.23. The van der Waals surface area contributed by atoms with Crippen molar-refractivity contribution in [3.8, 4) is 0 Å². The van der Waals surface area contributed by atoms with Crippen LogP contribution >= 0.6 is 11.3 Å². The van der Waals surface area contributed by atoms with Gasteiger partial charge in [0, 0.05) is 17.6 Å². The Morgan fingerprint density at radius 2 is 2.00 bits per heavy atom. The number of nitrogens with one attached hydrogen (secondary N) is 2. The first-order chi connectivity index (χ1) is 10.9. The maximum absolute atomic E-state index is 11.7. The van der Waals surface area contributed by atoms with E-state index in [9.17, 15) is 4.79 Å². The van der Waals surface area contributed by atoms with Gasteiger partial charge in [-0.15, -0.1) is 11.3 Å². The lowest BCUT2D eigenvalue weighted by Crippen LogP contribution is -2.27. The molecule has 0 radical (unpaired) electrons. The zero-order valence-corrected chi connectivity index (χ0v) is 14.6. The van der Waals surface area contributed by atoms with Gasteiger partial charge in [0.2, 0.25) is 0 Å². The summed E-state index contributed by atoms with van der Waals surface area (Å²) in [5.41, 5.74) is 4.37. The molecule has 1 heterocycles. The van der Waals surface area contributed by atoms with E-state index < -0.39 is 11.7 Å². The van der Waals surface area contributed by atoms with Crippen LogP contribution in [0.2, 0.25) is 0 Å². The Morgan fingerprint density at radius 1 is 1.26 bits per heavy atom. The molecule has 124 valence electrons. The van der Waals surface area contributed by atoms with E-state index in [1.165, 1.54) is 5.56 Å². The molecule has 6 heteroatoms. The summed E-state index contributed by atoms with van der Waals surface area (Å²) < 4.78 is 5.22. The van der Waals surface area contributed by atoms with Gasteiger partial charge in [0.15, 0.2) is 0 Å². The number of ether oxygens (including phenoxy) is 1. The van der Waals surface area contributed by atoms with Crippen LogP contribution in [0.1, 0.15) is 32.0 Å². The lowest BCUT2D eigenvalue weighted by atomic mass is 10.1. The number of benzene rings is 1. The normalized spacial score (nSPS) is 11.3. The van der Waals surface area contributed by atoms with Crippen LogP contribution in [0.25, 0.3) is 0 Å². The number of anilines is 1. The highest BCUT2D eigenvalue weighted by Crippen LogP contribution is 2.13. The predicted molar refractivity (Wildman–Crippen MR) is 93.8 cm³/mol. The number of aromatic nitrogens is 1. The van der Waals surface area contributed by atoms with Crippen LogP contribution in [-0.4, -0.2) is 23.2 Å². The zero-order valence-electron chi connectivity index (χ0n) is 13.8. The Kier molecular flexibility index (Phi) is 6.12. The molecule has 0 bridgehead atoms. The average Bonchev–Trinajstić information content (AvgIpc) is 2.96. The van der Waals surface area contributed by atoms with Crippen molar-refractivity contribution in [2.24, 2.45) is 0 Å². The van der Waals surface area contributed by atoms with Gasteiger partial charge in [-0.3, -0.25) is 5.32 Å². The van der Waals surface area contributed by atoms with E-state index in [-0.39, 0.29) is 0 Å². The van der Waals surface area contributed by atoms with Crippen LogP contribution in [-0.2, 0) is 17.7 Å². The summed E-state index contributed by atoms with van der Waals surface area (Å²) in [5, 5.41) is 8.14. The minimum Gasteiger partial charge on any atom is -0.444 e. The quantitative estimate of drug-likeness (QED) is 0.789. The van der Waals surface area contributed by atoms with E-state index in [0.717, 1.165) is 30.9 Å². The maximum atomic E-state index is 11.7. The molecule has 0 aliphatic heterocycles. The van der Waals surface area contributed by atoms with Crippen molar-refractivity contribution < 1.29 is 9.53 Å². The highest BCUT2D eigenvalue weighted by atomic mass is 32.1. The monoisotopic (exact) mass is 333 g/mol. The molecule has 0 aliphatic rings. The van der Waals surface area contributed by atoms with E-state index in [1.807, 2.05) is 55.9 Å². The lowest BCUT2D eigenvalue weighted by molar-refractivity contribution is 0.0636. The van der Waals surface area contributed by atoms with Gasteiger partial charge in [0.05, 0.1) is 11.2 Å². The van der Waals surface area contributed by atoms with E-state index >= 15 is 0 Å². The average molecular weight is 333 g/mol. The number of hydrogen-bond acceptors (Lipinski definition) is 5. The molecule has 0 unspecified atom stereocenters. The van der Waals surface area contributed by atoms with Crippen molar-refractivity contribution in [1.29, 1.82) is 0 Å². The Labute approximate surface area is 141 Å². The van der Waals surface area contributed by atoms with Crippen LogP contribution in [0.4, 0.5) is 10.5 Å². The summed E-state index contributed by atoms with van der Waals surface area (Å²) in [6, 6.07) is 7.80. The van der Waals surface area contributed by atoms with E-state index in [4.69, 9.17) is 4.74 Å². The fraction of sp³-hybridized carbons (Fsp3) is 0.412. The van der Waals surface area contributed by atoms with Gasteiger partial charge in [-0.25, -0.2) is 9.78 Å². The van der Waals surface area contributed by atoms with E-state index in [0.29, 0.717) is 0 Å². The molecule has 1 amide bonds. The van der Waals surface area contributed by atoms with Gasteiger partial charge in [0.25, 0.3) is 0 Å². The summed E-state index contributed by atoms with van der Waals surface area (Å²) >= 11 is 1.61. The first-order valence-corrected chi connectivity index (χ1v) is 8.53. The minimum absolute atomic E-state index is 0.435. The largest absolute Gasteiger partial charge is 0.444 e. The zero-order chi connectivity index (χ0) is 16.7. The summed E-state index contributed by atoms with van der Waals surface area (Å²) in [4.78, 5) is 15.9. The molecule has 0 saturated heterocycles. The maximum Gasteiger partial charge on any atom is 0.412 e. The number of rotatable bonds is 6. The molecule has 1 aromatic heterocycles. The number of thiazole rings is 1. The molecular formula is C17H23N3O2S. The summed E-state index contributed by atoms with van der Waals surface area (Å²) in [6.45, 7) is 7.20. The molecule has 0 aliphatic carbocycles. The molecule has 2 N–H and O–H groups in total. The molecule has 5 nitrogen and oxygen atoms in total. The number of carbonyl (C=O) groups is 1. The van der Waals surface area contributed by atoms with Gasteiger partial charge >= 0.3 is 6.09 Å². The second-order valence-corrected chi connectivity index (χ2v) is 6.95.